The van der Waals surface area contributed by atoms with Gasteiger partial charge in [0.1, 0.15) is 0 Å². The molecule has 17 atom stereocenters. The van der Waals surface area contributed by atoms with Gasteiger partial charge in [0.25, 0.3) is 0 Å². The highest BCUT2D eigenvalue weighted by atomic mass is 32.2. The second kappa shape index (κ2) is 19.5. The summed E-state index contributed by atoms with van der Waals surface area (Å²) >= 11 is 1.91. The Kier molecular flexibility index (Phi) is 14.7. The van der Waals surface area contributed by atoms with Crippen LogP contribution >= 0.6 is 11.8 Å². The van der Waals surface area contributed by atoms with Crippen LogP contribution in [0.2, 0.25) is 0 Å². The minimum absolute atomic E-state index is 0.0260. The summed E-state index contributed by atoms with van der Waals surface area (Å²) < 4.78 is 37.7. The van der Waals surface area contributed by atoms with Gasteiger partial charge in [0.15, 0.2) is 12.4 Å². The van der Waals surface area contributed by atoms with Crippen LogP contribution in [0.5, 0.6) is 0 Å². The van der Waals surface area contributed by atoms with E-state index < -0.39 is 36.0 Å². The van der Waals surface area contributed by atoms with Crippen molar-refractivity contribution in [2.75, 3.05) is 65.0 Å². The number of unbranched alkanes of at least 4 members (excludes halogenated alkanes) is 1. The lowest BCUT2D eigenvalue weighted by molar-refractivity contribution is -0.250. The van der Waals surface area contributed by atoms with Crippen molar-refractivity contribution >= 4 is 29.7 Å². The van der Waals surface area contributed by atoms with E-state index in [9.17, 15) is 24.6 Å². The van der Waals surface area contributed by atoms with Crippen molar-refractivity contribution in [1.82, 2.24) is 20.9 Å². The molecule has 0 aromatic heterocycles. The molecule has 0 aromatic carbocycles. The van der Waals surface area contributed by atoms with Gasteiger partial charge in [0, 0.05) is 61.4 Å². The highest BCUT2D eigenvalue weighted by molar-refractivity contribution is 8.00. The summed E-state index contributed by atoms with van der Waals surface area (Å²) in [6.45, 7) is 24.7. The van der Waals surface area contributed by atoms with Gasteiger partial charge < -0.3 is 54.6 Å². The molecule has 4 aliphatic heterocycles. The van der Waals surface area contributed by atoms with Crippen LogP contribution in [0, 0.1) is 50.2 Å². The second-order valence-corrected chi connectivity index (χ2v) is 26.2. The molecule has 9 aliphatic rings. The van der Waals surface area contributed by atoms with Crippen LogP contribution in [0.1, 0.15) is 139 Å². The number of ether oxygens (including phenoxy) is 6. The normalized spacial score (nSPS) is 44.6. The molecular weight excluding hydrogens is 901 g/mol. The fourth-order valence-corrected chi connectivity index (χ4v) is 18.8. The summed E-state index contributed by atoms with van der Waals surface area (Å²) in [7, 11) is 0. The molecule has 16 heteroatoms. The highest BCUT2D eigenvalue weighted by Crippen LogP contribution is 2.90. The Morgan fingerprint density at radius 3 is 2.46 bits per heavy atom. The average Bonchev–Trinajstić information content (AvgIpc) is 3.52. The van der Waals surface area contributed by atoms with E-state index in [0.717, 1.165) is 76.8 Å². The number of carbonyl (C=O) groups is 3. The minimum atomic E-state index is -1.29. The van der Waals surface area contributed by atoms with Crippen molar-refractivity contribution in [3.63, 3.8) is 0 Å². The third-order valence-electron chi connectivity index (χ3n) is 21.1. The van der Waals surface area contributed by atoms with E-state index in [1.54, 1.807) is 13.8 Å². The molecule has 2 unspecified atom stereocenters. The molecule has 3 amide bonds. The van der Waals surface area contributed by atoms with Gasteiger partial charge in [-0.3, -0.25) is 14.5 Å². The molecule has 5 N–H and O–H groups in total. The van der Waals surface area contributed by atoms with Gasteiger partial charge in [0.2, 0.25) is 5.91 Å². The molecule has 9 rings (SSSR count). The van der Waals surface area contributed by atoms with Crippen molar-refractivity contribution in [3.05, 3.63) is 0 Å². The van der Waals surface area contributed by atoms with Gasteiger partial charge in [-0.1, -0.05) is 48.0 Å². The summed E-state index contributed by atoms with van der Waals surface area (Å²) in [5, 5.41) is 33.4. The van der Waals surface area contributed by atoms with Crippen molar-refractivity contribution in [3.8, 4) is 0 Å². The molecule has 4 heterocycles. The first-order valence-electron chi connectivity index (χ1n) is 27.0. The van der Waals surface area contributed by atoms with Crippen molar-refractivity contribution in [1.29, 1.82) is 0 Å². The lowest BCUT2D eigenvalue weighted by Gasteiger charge is -2.65. The second-order valence-electron chi connectivity index (χ2n) is 25.0. The Bertz CT molecular complexity index is 1890. The number of carbonyl (C=O) groups excluding carboxylic acids is 3. The standard InChI is InChI=1S/C53H88N4O11S/c1-32-28-35(44(48(5,6)62)66-33(2)58)67-45-43(60)51(9)38-15-14-37-47(3,4)39(16-17-52(37)31-53(38,52)19-18-49(51,7)50(32,45)8)68-41-29-57(22-25-65-41)21-24-64-27-26-63-23-20-54-40(59)13-11-10-12-36-42-34(30-69-36)55-46(61)56-42/h32,34-39,41-45,60,62H,10-31H2,1-9H3,(H,54,59)(H2,55,56,61)/t32-,34?,35-,36+,37+,38+,39+,41+,42?,43+,44+,45-,49-,50+,51-,52-,53+/m1/s1. The fourth-order valence-electron chi connectivity index (χ4n) is 17.2. The van der Waals surface area contributed by atoms with Crippen LogP contribution in [-0.4, -0.2) is 158 Å². The third-order valence-corrected chi connectivity index (χ3v) is 22.6. The summed E-state index contributed by atoms with van der Waals surface area (Å²) in [6.07, 6.45) is 9.27. The van der Waals surface area contributed by atoms with Crippen LogP contribution in [0.3, 0.4) is 0 Å². The van der Waals surface area contributed by atoms with E-state index in [0.29, 0.717) is 69.5 Å². The van der Waals surface area contributed by atoms with Crippen LogP contribution < -0.4 is 16.0 Å². The van der Waals surface area contributed by atoms with Gasteiger partial charge in [-0.2, -0.15) is 11.8 Å². The number of aliphatic hydroxyl groups is 2. The molecule has 392 valence electrons. The van der Waals surface area contributed by atoms with E-state index in [1.807, 2.05) is 11.8 Å². The van der Waals surface area contributed by atoms with Crippen LogP contribution in [0.15, 0.2) is 0 Å². The molecule has 4 saturated heterocycles. The maximum absolute atomic E-state index is 12.9. The lowest BCUT2D eigenvalue weighted by Crippen LogP contribution is -2.62. The molecule has 69 heavy (non-hydrogen) atoms. The Morgan fingerprint density at radius 1 is 0.971 bits per heavy atom. The van der Waals surface area contributed by atoms with E-state index in [2.05, 4.69) is 62.4 Å². The smallest absolute Gasteiger partial charge is 0.315 e. The zero-order chi connectivity index (χ0) is 49.4. The predicted octanol–water partition coefficient (Wildman–Crippen LogP) is 5.81. The van der Waals surface area contributed by atoms with Gasteiger partial charge in [-0.15, -0.1) is 0 Å². The number of urea groups is 1. The molecule has 2 spiro atoms. The summed E-state index contributed by atoms with van der Waals surface area (Å²) in [5.74, 6) is 1.69. The first kappa shape index (κ1) is 52.1. The summed E-state index contributed by atoms with van der Waals surface area (Å²) in [5.41, 5.74) is -1.65. The number of fused-ring (bicyclic) bond motifs is 5. The topological polar surface area (TPSA) is 186 Å². The van der Waals surface area contributed by atoms with E-state index >= 15 is 0 Å². The van der Waals surface area contributed by atoms with Gasteiger partial charge in [0.05, 0.1) is 75.1 Å². The Balaban J connectivity index is 0.705. The minimum Gasteiger partial charge on any atom is -0.457 e. The van der Waals surface area contributed by atoms with Crippen molar-refractivity contribution in [2.45, 2.75) is 199 Å². The number of hydrogen-bond acceptors (Lipinski definition) is 13. The summed E-state index contributed by atoms with van der Waals surface area (Å²) in [6, 6.07) is 0.396. The molecule has 9 fully saturated rings. The van der Waals surface area contributed by atoms with E-state index in [-0.39, 0.29) is 74.8 Å². The van der Waals surface area contributed by atoms with Gasteiger partial charge >= 0.3 is 12.0 Å². The number of hydrogen-bond donors (Lipinski definition) is 5. The molecule has 0 aromatic rings. The Hall–Kier alpha value is -1.76. The zero-order valence-electron chi connectivity index (χ0n) is 43.4. The largest absolute Gasteiger partial charge is 0.457 e. The van der Waals surface area contributed by atoms with Crippen LogP contribution in [-0.2, 0) is 38.0 Å². The number of esters is 1. The lowest BCUT2D eigenvalue weighted by atomic mass is 9.39. The van der Waals surface area contributed by atoms with Gasteiger partial charge in [-0.05, 0) is 117 Å². The van der Waals surface area contributed by atoms with E-state index in [4.69, 9.17) is 28.4 Å². The molecule has 0 radical (unpaired) electrons. The number of aliphatic hydroxyl groups excluding tert-OH is 1. The highest BCUT2D eigenvalue weighted by Gasteiger charge is 2.86. The molecular formula is C53H88N4O11S. The molecule has 15 nitrogen and oxygen atoms in total. The van der Waals surface area contributed by atoms with Crippen molar-refractivity contribution in [2.24, 2.45) is 50.2 Å². The summed E-state index contributed by atoms with van der Waals surface area (Å²) in [4.78, 5) is 38.6. The van der Waals surface area contributed by atoms with Crippen LogP contribution in [0.25, 0.3) is 0 Å². The predicted molar refractivity (Wildman–Crippen MR) is 262 cm³/mol. The number of nitrogens with zero attached hydrogens (tertiary/aromatic N) is 1. The van der Waals surface area contributed by atoms with Gasteiger partial charge in [-0.25, -0.2) is 4.79 Å². The Morgan fingerprint density at radius 2 is 1.71 bits per heavy atom. The number of rotatable bonds is 19. The maximum Gasteiger partial charge on any atom is 0.315 e. The SMILES string of the molecule is CC(=O)O[C@@H]([C@H]1C[C@@H](C)[C@@]2(C)[C@H](O1)[C@H](O)[C@@]1(C)[C@@H]3CC[C@H]4C(C)(C)[C@@H](O[C@H]5CN(CCOCCOCCNC(=O)CCCC[C@@H]6SCC7NC(=O)NC76)CCO5)CC[C@@]45C[C@@]35CC[C@]21C)C(C)(C)O. The number of amides is 3. The van der Waals surface area contributed by atoms with Crippen LogP contribution in [0.4, 0.5) is 4.79 Å². The first-order valence-corrected chi connectivity index (χ1v) is 28.0. The Labute approximate surface area is 416 Å². The number of morpholine rings is 1. The third kappa shape index (κ3) is 8.90. The molecule has 0 bridgehead atoms. The first-order chi connectivity index (χ1) is 32.6. The fraction of sp³-hybridized carbons (Fsp3) is 0.943. The molecule has 5 aliphatic carbocycles. The quantitative estimate of drug-likeness (QED) is 0.0594. The average molecular weight is 989 g/mol. The zero-order valence-corrected chi connectivity index (χ0v) is 44.2. The van der Waals surface area contributed by atoms with Crippen molar-refractivity contribution < 1.29 is 53.0 Å². The monoisotopic (exact) mass is 989 g/mol. The van der Waals surface area contributed by atoms with E-state index in [1.165, 1.54) is 19.8 Å². The maximum atomic E-state index is 12.9. The molecule has 5 saturated carbocycles. The number of thioether (sulfide) groups is 1. The number of nitrogens with one attached hydrogen (secondary N) is 3.